The third-order valence-electron chi connectivity index (χ3n) is 6.25. The first-order chi connectivity index (χ1) is 17.4. The van der Waals surface area contributed by atoms with E-state index in [4.69, 9.17) is 0 Å². The van der Waals surface area contributed by atoms with Gasteiger partial charge in [0.1, 0.15) is 11.6 Å². The van der Waals surface area contributed by atoms with Gasteiger partial charge >= 0.3 is 0 Å². The summed E-state index contributed by atoms with van der Waals surface area (Å²) < 4.78 is 30.1. The molecule has 0 atom stereocenters. The number of fused-ring (bicyclic) bond motifs is 1. The van der Waals surface area contributed by atoms with Crippen LogP contribution in [-0.2, 0) is 6.42 Å². The molecule has 0 aliphatic rings. The number of carbonyl (C=O) groups is 2. The summed E-state index contributed by atoms with van der Waals surface area (Å²) in [5.74, 6) is -1.83. The van der Waals surface area contributed by atoms with E-state index in [1.807, 2.05) is 37.3 Å². The summed E-state index contributed by atoms with van der Waals surface area (Å²) in [5.41, 5.74) is 3.07. The van der Waals surface area contributed by atoms with Crippen molar-refractivity contribution < 1.29 is 18.4 Å². The van der Waals surface area contributed by atoms with Crippen LogP contribution in [0.3, 0.4) is 0 Å². The molecular formula is C30H28F2N2O2. The molecule has 0 fully saturated rings. The second kappa shape index (κ2) is 11.2. The average Bonchev–Trinajstić information content (AvgIpc) is 2.88. The fourth-order valence-electron chi connectivity index (χ4n) is 4.25. The quantitative estimate of drug-likeness (QED) is 0.207. The summed E-state index contributed by atoms with van der Waals surface area (Å²) in [6, 6.07) is 16.7. The van der Waals surface area contributed by atoms with E-state index < -0.39 is 17.5 Å². The lowest BCUT2D eigenvalue weighted by Gasteiger charge is -2.14. The van der Waals surface area contributed by atoms with Crippen LogP contribution in [0, 0.1) is 11.6 Å². The van der Waals surface area contributed by atoms with E-state index in [0.29, 0.717) is 41.4 Å². The monoisotopic (exact) mass is 486 g/mol. The number of hydrogen-bond acceptors (Lipinski definition) is 3. The Morgan fingerprint density at radius 1 is 0.917 bits per heavy atom. The van der Waals surface area contributed by atoms with Crippen molar-refractivity contribution in [3.05, 3.63) is 101 Å². The first-order valence-electron chi connectivity index (χ1n) is 12.2. The zero-order valence-electron chi connectivity index (χ0n) is 20.4. The van der Waals surface area contributed by atoms with Gasteiger partial charge in [-0.2, -0.15) is 0 Å². The fraction of sp³-hybridized carbons (Fsp3) is 0.233. The van der Waals surface area contributed by atoms with Crippen LogP contribution in [0.1, 0.15) is 65.0 Å². The molecule has 1 heterocycles. The number of halogens is 2. The molecule has 0 bridgehead atoms. The number of pyridine rings is 1. The van der Waals surface area contributed by atoms with Crippen molar-refractivity contribution in [1.82, 2.24) is 10.3 Å². The van der Waals surface area contributed by atoms with Crippen molar-refractivity contribution in [3.8, 4) is 11.1 Å². The maximum Gasteiger partial charge on any atom is 0.254 e. The number of unbranched alkanes of at least 4 members (excludes halogenated alkanes) is 1. The number of nitrogens with one attached hydrogen (secondary N) is 1. The van der Waals surface area contributed by atoms with Gasteiger partial charge in [-0.05, 0) is 47.7 Å². The first-order valence-corrected chi connectivity index (χ1v) is 12.2. The predicted molar refractivity (Wildman–Crippen MR) is 138 cm³/mol. The minimum Gasteiger partial charge on any atom is -0.352 e. The van der Waals surface area contributed by atoms with E-state index in [1.54, 1.807) is 13.0 Å². The number of aromatic nitrogens is 1. The van der Waals surface area contributed by atoms with Crippen molar-refractivity contribution >= 4 is 22.6 Å². The fourth-order valence-corrected chi connectivity index (χ4v) is 4.25. The van der Waals surface area contributed by atoms with Gasteiger partial charge in [0.25, 0.3) is 5.91 Å². The molecule has 1 N–H and O–H groups in total. The lowest BCUT2D eigenvalue weighted by Crippen LogP contribution is -2.25. The van der Waals surface area contributed by atoms with Gasteiger partial charge in [-0.3, -0.25) is 14.6 Å². The molecule has 0 radical (unpaired) electrons. The van der Waals surface area contributed by atoms with Gasteiger partial charge in [0.2, 0.25) is 0 Å². The number of amides is 1. The lowest BCUT2D eigenvalue weighted by molar-refractivity contribution is 0.0947. The molecule has 6 heteroatoms. The second-order valence-corrected chi connectivity index (χ2v) is 8.74. The molecular weight excluding hydrogens is 458 g/mol. The van der Waals surface area contributed by atoms with Crippen molar-refractivity contribution in [2.24, 2.45) is 0 Å². The number of hydrogen-bond donors (Lipinski definition) is 1. The third-order valence-corrected chi connectivity index (χ3v) is 6.25. The highest BCUT2D eigenvalue weighted by Crippen LogP contribution is 2.32. The predicted octanol–water partition coefficient (Wildman–Crippen LogP) is 6.89. The highest BCUT2D eigenvalue weighted by Gasteiger charge is 2.19. The normalized spacial score (nSPS) is 11.0. The van der Waals surface area contributed by atoms with Gasteiger partial charge in [0.05, 0.1) is 11.1 Å². The van der Waals surface area contributed by atoms with Crippen LogP contribution in [-0.4, -0.2) is 23.2 Å². The minimum atomic E-state index is -0.724. The summed E-state index contributed by atoms with van der Waals surface area (Å²) in [7, 11) is 0. The van der Waals surface area contributed by atoms with E-state index >= 15 is 4.39 Å². The summed E-state index contributed by atoms with van der Waals surface area (Å²) in [6.07, 6.45) is 4.01. The Morgan fingerprint density at radius 2 is 1.69 bits per heavy atom. The van der Waals surface area contributed by atoms with E-state index in [1.165, 1.54) is 30.5 Å². The molecule has 0 aliphatic carbocycles. The largest absolute Gasteiger partial charge is 0.352 e. The van der Waals surface area contributed by atoms with Crippen molar-refractivity contribution in [2.45, 2.75) is 39.5 Å². The smallest absolute Gasteiger partial charge is 0.254 e. The molecule has 0 spiro atoms. The Hall–Kier alpha value is -3.93. The molecule has 0 saturated heterocycles. The van der Waals surface area contributed by atoms with E-state index in [9.17, 15) is 14.0 Å². The van der Waals surface area contributed by atoms with Crippen LogP contribution < -0.4 is 5.32 Å². The molecule has 0 unspecified atom stereocenters. The Morgan fingerprint density at radius 3 is 2.39 bits per heavy atom. The molecule has 4 aromatic rings. The van der Waals surface area contributed by atoms with Crippen LogP contribution in [0.2, 0.25) is 0 Å². The van der Waals surface area contributed by atoms with E-state index in [2.05, 4.69) is 10.3 Å². The van der Waals surface area contributed by atoms with E-state index in [0.717, 1.165) is 24.0 Å². The Balaban J connectivity index is 1.80. The SMILES string of the molecule is CCCCNC(=O)c1ccc(-c2cc3c(Cc4ccccc4)c(C(=O)CC)cnc3cc2F)cc1F. The van der Waals surface area contributed by atoms with Crippen molar-refractivity contribution in [3.63, 3.8) is 0 Å². The van der Waals surface area contributed by atoms with Gasteiger partial charge < -0.3 is 5.32 Å². The van der Waals surface area contributed by atoms with Crippen molar-refractivity contribution in [2.75, 3.05) is 6.54 Å². The number of carbonyl (C=O) groups excluding carboxylic acids is 2. The van der Waals surface area contributed by atoms with Crippen molar-refractivity contribution in [1.29, 1.82) is 0 Å². The van der Waals surface area contributed by atoms with Gasteiger partial charge in [-0.25, -0.2) is 8.78 Å². The standard InChI is InChI=1S/C30H28F2N2O2/c1-3-5-13-33-30(36)21-12-11-20(15-26(21)31)22-16-24-23(14-19-9-7-6-8-10-19)25(29(35)4-2)18-34-28(24)17-27(22)32/h6-12,15-18H,3-5,13-14H2,1-2H3,(H,33,36). The van der Waals surface area contributed by atoms with Crippen LogP contribution in [0.15, 0.2) is 66.9 Å². The molecule has 0 saturated carbocycles. The van der Waals surface area contributed by atoms with E-state index in [-0.39, 0.29) is 16.9 Å². The maximum atomic E-state index is 15.2. The number of Topliss-reactive ketones (excluding diaryl/α,β-unsaturated/α-hetero) is 1. The van der Waals surface area contributed by atoms with Crippen LogP contribution in [0.4, 0.5) is 8.78 Å². The Kier molecular flexibility index (Phi) is 7.84. The molecule has 4 nitrogen and oxygen atoms in total. The zero-order valence-corrected chi connectivity index (χ0v) is 20.4. The van der Waals surface area contributed by atoms with Crippen LogP contribution in [0.5, 0.6) is 0 Å². The lowest BCUT2D eigenvalue weighted by atomic mass is 9.92. The molecule has 1 amide bonds. The first kappa shape index (κ1) is 25.2. The second-order valence-electron chi connectivity index (χ2n) is 8.74. The van der Waals surface area contributed by atoms with Gasteiger partial charge in [0, 0.05) is 41.7 Å². The zero-order chi connectivity index (χ0) is 25.7. The number of nitrogens with zero attached hydrogens (tertiary/aromatic N) is 1. The summed E-state index contributed by atoms with van der Waals surface area (Å²) in [6.45, 7) is 4.25. The Bertz CT molecular complexity index is 1420. The number of ketones is 1. The van der Waals surface area contributed by atoms with Gasteiger partial charge in [-0.1, -0.05) is 56.7 Å². The van der Waals surface area contributed by atoms with Gasteiger partial charge in [0.15, 0.2) is 5.78 Å². The summed E-state index contributed by atoms with van der Waals surface area (Å²) in [4.78, 5) is 29.4. The Labute approximate surface area is 209 Å². The molecule has 4 rings (SSSR count). The van der Waals surface area contributed by atoms with Gasteiger partial charge in [-0.15, -0.1) is 0 Å². The third kappa shape index (κ3) is 5.33. The molecule has 184 valence electrons. The van der Waals surface area contributed by atoms with Crippen LogP contribution in [0.25, 0.3) is 22.0 Å². The highest BCUT2D eigenvalue weighted by atomic mass is 19.1. The number of rotatable bonds is 9. The average molecular weight is 487 g/mol. The molecule has 36 heavy (non-hydrogen) atoms. The number of benzene rings is 3. The molecule has 0 aliphatic heterocycles. The maximum absolute atomic E-state index is 15.2. The summed E-state index contributed by atoms with van der Waals surface area (Å²) in [5, 5.41) is 3.33. The topological polar surface area (TPSA) is 59.1 Å². The highest BCUT2D eigenvalue weighted by molar-refractivity contribution is 6.02. The summed E-state index contributed by atoms with van der Waals surface area (Å²) >= 11 is 0. The molecule has 3 aromatic carbocycles. The van der Waals surface area contributed by atoms with Crippen LogP contribution >= 0.6 is 0 Å². The molecule has 1 aromatic heterocycles. The minimum absolute atomic E-state index is 0.0503.